The van der Waals surface area contributed by atoms with E-state index in [0.29, 0.717) is 5.92 Å². The van der Waals surface area contributed by atoms with Crippen molar-refractivity contribution in [2.45, 2.75) is 26.2 Å². The molecule has 0 aliphatic heterocycles. The van der Waals surface area contributed by atoms with Gasteiger partial charge in [0.05, 0.1) is 6.20 Å². The van der Waals surface area contributed by atoms with Crippen LogP contribution >= 0.6 is 0 Å². The standard InChI is InChI=1S/C9H12N/c1-3-8(2)9-5-4-6-10-7-9/h4-5,7-8H,3H2,1-2H3. The van der Waals surface area contributed by atoms with Crippen LogP contribution in [0.3, 0.4) is 0 Å². The summed E-state index contributed by atoms with van der Waals surface area (Å²) in [7, 11) is 0. The Morgan fingerprint density at radius 2 is 2.50 bits per heavy atom. The Kier molecular flexibility index (Phi) is 2.43. The number of nitrogens with zero attached hydrogens (tertiary/aromatic N) is 1. The molecule has 1 atom stereocenters. The van der Waals surface area contributed by atoms with Crippen LogP contribution < -0.4 is 0 Å². The molecule has 1 radical (unpaired) electrons. The summed E-state index contributed by atoms with van der Waals surface area (Å²) in [5.74, 6) is 0.627. The Morgan fingerprint density at radius 3 is 3.00 bits per heavy atom. The molecule has 0 bridgehead atoms. The van der Waals surface area contributed by atoms with Crippen LogP contribution in [-0.2, 0) is 0 Å². The number of hydrogen-bond donors (Lipinski definition) is 0. The van der Waals surface area contributed by atoms with Crippen molar-refractivity contribution in [3.05, 3.63) is 30.1 Å². The van der Waals surface area contributed by atoms with Crippen molar-refractivity contribution in [2.75, 3.05) is 0 Å². The number of pyridine rings is 1. The Balaban J connectivity index is 2.75. The average Bonchev–Trinajstić information content (AvgIpc) is 2.05. The molecule has 0 spiro atoms. The molecule has 1 aromatic rings. The van der Waals surface area contributed by atoms with E-state index in [9.17, 15) is 0 Å². The number of rotatable bonds is 2. The molecular weight excluding hydrogens is 122 g/mol. The maximum atomic E-state index is 3.93. The van der Waals surface area contributed by atoms with Gasteiger partial charge >= 0.3 is 0 Å². The second kappa shape index (κ2) is 3.35. The van der Waals surface area contributed by atoms with Gasteiger partial charge in [0, 0.05) is 6.20 Å². The molecule has 1 heteroatoms. The highest BCUT2D eigenvalue weighted by molar-refractivity contribution is 5.12. The van der Waals surface area contributed by atoms with Gasteiger partial charge < -0.3 is 0 Å². The molecule has 1 rings (SSSR count). The molecule has 0 fully saturated rings. The van der Waals surface area contributed by atoms with Crippen molar-refractivity contribution in [1.29, 1.82) is 0 Å². The van der Waals surface area contributed by atoms with Gasteiger partial charge in [-0.1, -0.05) is 19.9 Å². The van der Waals surface area contributed by atoms with Crippen molar-refractivity contribution >= 4 is 0 Å². The fourth-order valence-corrected chi connectivity index (χ4v) is 0.859. The molecule has 0 aromatic carbocycles. The van der Waals surface area contributed by atoms with Crippen molar-refractivity contribution in [3.8, 4) is 0 Å². The third-order valence-electron chi connectivity index (χ3n) is 1.82. The van der Waals surface area contributed by atoms with Crippen LogP contribution in [0.2, 0.25) is 0 Å². The average molecular weight is 134 g/mol. The zero-order valence-corrected chi connectivity index (χ0v) is 6.46. The summed E-state index contributed by atoms with van der Waals surface area (Å²) in [6, 6.07) is 3.93. The topological polar surface area (TPSA) is 12.9 Å². The molecule has 0 saturated heterocycles. The number of aromatic nitrogens is 1. The summed E-state index contributed by atoms with van der Waals surface area (Å²) < 4.78 is 0. The Hall–Kier alpha value is -0.850. The summed E-state index contributed by atoms with van der Waals surface area (Å²) >= 11 is 0. The zero-order valence-electron chi connectivity index (χ0n) is 6.46. The fraction of sp³-hybridized carbons (Fsp3) is 0.444. The Bertz CT molecular complexity index is 181. The van der Waals surface area contributed by atoms with Gasteiger partial charge in [-0.25, -0.2) is 0 Å². The van der Waals surface area contributed by atoms with Crippen molar-refractivity contribution in [3.63, 3.8) is 0 Å². The molecule has 10 heavy (non-hydrogen) atoms. The van der Waals surface area contributed by atoms with Crippen LogP contribution in [0.25, 0.3) is 0 Å². The lowest BCUT2D eigenvalue weighted by Gasteiger charge is -2.05. The summed E-state index contributed by atoms with van der Waals surface area (Å²) in [6.45, 7) is 4.39. The fourth-order valence-electron chi connectivity index (χ4n) is 0.859. The highest BCUT2D eigenvalue weighted by Gasteiger charge is 1.99. The molecule has 0 amide bonds. The maximum Gasteiger partial charge on any atom is 0.0886 e. The largest absolute Gasteiger partial charge is 0.254 e. The summed E-state index contributed by atoms with van der Waals surface area (Å²) in [5.41, 5.74) is 1.31. The highest BCUT2D eigenvalue weighted by Crippen LogP contribution is 2.15. The third kappa shape index (κ3) is 1.56. The van der Waals surface area contributed by atoms with E-state index in [2.05, 4.69) is 31.1 Å². The second-order valence-corrected chi connectivity index (χ2v) is 2.53. The van der Waals surface area contributed by atoms with Crippen molar-refractivity contribution in [1.82, 2.24) is 4.98 Å². The first kappa shape index (κ1) is 7.26. The van der Waals surface area contributed by atoms with E-state index in [1.807, 2.05) is 12.3 Å². The maximum absolute atomic E-state index is 3.93. The SMILES string of the molecule is CCC(C)c1cc[c]nc1. The van der Waals surface area contributed by atoms with Crippen LogP contribution in [-0.4, -0.2) is 4.98 Å². The molecule has 0 aliphatic carbocycles. The van der Waals surface area contributed by atoms with Gasteiger partial charge in [-0.15, -0.1) is 0 Å². The van der Waals surface area contributed by atoms with E-state index >= 15 is 0 Å². The van der Waals surface area contributed by atoms with Crippen molar-refractivity contribution in [2.24, 2.45) is 0 Å². The molecule has 1 nitrogen and oxygen atoms in total. The minimum atomic E-state index is 0.627. The lowest BCUT2D eigenvalue weighted by molar-refractivity contribution is 0.729. The molecule has 0 saturated carbocycles. The van der Waals surface area contributed by atoms with Crippen LogP contribution in [0.1, 0.15) is 31.7 Å². The third-order valence-corrected chi connectivity index (χ3v) is 1.82. The summed E-state index contributed by atoms with van der Waals surface area (Å²) in [4.78, 5) is 3.93. The molecule has 1 aromatic heterocycles. The van der Waals surface area contributed by atoms with Crippen LogP contribution in [0, 0.1) is 6.20 Å². The van der Waals surface area contributed by atoms with Gasteiger partial charge in [0.1, 0.15) is 0 Å². The molecular formula is C9H12N. The first-order valence-corrected chi connectivity index (χ1v) is 3.66. The van der Waals surface area contributed by atoms with E-state index in [1.165, 1.54) is 12.0 Å². The Morgan fingerprint density at radius 1 is 1.70 bits per heavy atom. The first-order chi connectivity index (χ1) is 4.84. The minimum Gasteiger partial charge on any atom is -0.254 e. The van der Waals surface area contributed by atoms with E-state index in [0.717, 1.165) is 0 Å². The van der Waals surface area contributed by atoms with Crippen molar-refractivity contribution < 1.29 is 0 Å². The van der Waals surface area contributed by atoms with Gasteiger partial charge in [-0.2, -0.15) is 0 Å². The molecule has 0 aliphatic rings. The van der Waals surface area contributed by atoms with Crippen LogP contribution in [0.15, 0.2) is 18.3 Å². The molecule has 1 unspecified atom stereocenters. The van der Waals surface area contributed by atoms with Crippen LogP contribution in [0.4, 0.5) is 0 Å². The monoisotopic (exact) mass is 134 g/mol. The quantitative estimate of drug-likeness (QED) is 0.605. The molecule has 1 heterocycles. The predicted octanol–water partition coefficient (Wildman–Crippen LogP) is 2.40. The summed E-state index contributed by atoms with van der Waals surface area (Å²) in [6.07, 6.45) is 5.82. The molecule has 0 N–H and O–H groups in total. The van der Waals surface area contributed by atoms with Gasteiger partial charge in [0.25, 0.3) is 0 Å². The van der Waals surface area contributed by atoms with E-state index in [4.69, 9.17) is 0 Å². The zero-order chi connectivity index (χ0) is 7.40. The molecule has 53 valence electrons. The van der Waals surface area contributed by atoms with Gasteiger partial charge in [0.15, 0.2) is 0 Å². The number of hydrogen-bond acceptors (Lipinski definition) is 1. The lowest BCUT2D eigenvalue weighted by atomic mass is 10.0. The van der Waals surface area contributed by atoms with E-state index in [-0.39, 0.29) is 0 Å². The lowest BCUT2D eigenvalue weighted by Crippen LogP contribution is -1.90. The summed E-state index contributed by atoms with van der Waals surface area (Å²) in [5, 5.41) is 0. The van der Waals surface area contributed by atoms with Gasteiger partial charge in [-0.3, -0.25) is 4.98 Å². The highest BCUT2D eigenvalue weighted by atomic mass is 14.6. The minimum absolute atomic E-state index is 0.627. The van der Waals surface area contributed by atoms with E-state index < -0.39 is 0 Å². The van der Waals surface area contributed by atoms with Crippen LogP contribution in [0.5, 0.6) is 0 Å². The normalized spacial score (nSPS) is 13.0. The second-order valence-electron chi connectivity index (χ2n) is 2.53. The van der Waals surface area contributed by atoms with Gasteiger partial charge in [-0.05, 0) is 24.0 Å². The van der Waals surface area contributed by atoms with Gasteiger partial charge in [0.2, 0.25) is 0 Å². The smallest absolute Gasteiger partial charge is 0.0886 e. The predicted molar refractivity (Wildman–Crippen MR) is 41.8 cm³/mol. The first-order valence-electron chi connectivity index (χ1n) is 3.66. The van der Waals surface area contributed by atoms with E-state index in [1.54, 1.807) is 0 Å². The Labute approximate surface area is 62.1 Å².